The fraction of sp³-hybridized carbons (Fsp3) is 0.337. The molecule has 732 valence electrons. The summed E-state index contributed by atoms with van der Waals surface area (Å²) in [6.45, 7) is 17.0. The Morgan fingerprint density at radius 2 is 0.705 bits per heavy atom. The minimum absolute atomic E-state index is 0.0401. The van der Waals surface area contributed by atoms with Crippen LogP contribution in [0.5, 0.6) is 0 Å². The van der Waals surface area contributed by atoms with Gasteiger partial charge in [0.15, 0.2) is 29.5 Å². The van der Waals surface area contributed by atoms with Crippen LogP contribution in [0.25, 0.3) is 55.9 Å². The third-order valence-electron chi connectivity index (χ3n) is 23.9. The summed E-state index contributed by atoms with van der Waals surface area (Å²) in [6.07, 6.45) is -7.50. The van der Waals surface area contributed by atoms with Crippen LogP contribution in [0.15, 0.2) is 197 Å². The van der Waals surface area contributed by atoms with E-state index in [1.807, 2.05) is 52.6 Å². The summed E-state index contributed by atoms with van der Waals surface area (Å²) in [5.74, 6) is -1.17. The van der Waals surface area contributed by atoms with Gasteiger partial charge in [-0.15, -0.1) is 0 Å². The van der Waals surface area contributed by atoms with Gasteiger partial charge in [0.2, 0.25) is 23.8 Å². The molecule has 5 fully saturated rings. The fourth-order valence-electron chi connectivity index (χ4n) is 15.7. The first-order chi connectivity index (χ1) is 65.7. The molecule has 1 saturated carbocycles. The van der Waals surface area contributed by atoms with Crippen molar-refractivity contribution in [3.05, 3.63) is 239 Å². The predicted octanol–water partition coefficient (Wildman–Crippen LogP) is 14.8. The van der Waals surface area contributed by atoms with E-state index in [4.69, 9.17) is 58.5 Å². The van der Waals surface area contributed by atoms with Crippen LogP contribution in [-0.2, 0) is 86.8 Å². The molecular formula is C92H92ClF11N22O10S3. The summed E-state index contributed by atoms with van der Waals surface area (Å²) in [5, 5.41) is 5.89. The summed E-state index contributed by atoms with van der Waals surface area (Å²) in [6, 6.07) is 34.7. The van der Waals surface area contributed by atoms with E-state index >= 15 is 0 Å². The summed E-state index contributed by atoms with van der Waals surface area (Å²) in [4.78, 5) is 59.0. The highest BCUT2D eigenvalue weighted by atomic mass is 35.5. The van der Waals surface area contributed by atoms with E-state index in [9.17, 15) is 73.5 Å². The van der Waals surface area contributed by atoms with Crippen molar-refractivity contribution in [2.45, 2.75) is 107 Å². The number of nitrogen functional groups attached to an aromatic ring is 4. The first kappa shape index (κ1) is 100. The van der Waals surface area contributed by atoms with Gasteiger partial charge in [0.05, 0.1) is 152 Å². The molecule has 47 heteroatoms. The minimum atomic E-state index is -4.78. The van der Waals surface area contributed by atoms with Gasteiger partial charge in [0.25, 0.3) is 0 Å². The Kier molecular flexibility index (Phi) is 28.6. The predicted molar refractivity (Wildman–Crippen MR) is 497 cm³/mol. The van der Waals surface area contributed by atoms with Gasteiger partial charge in [-0.1, -0.05) is 60.1 Å². The van der Waals surface area contributed by atoms with E-state index in [1.54, 1.807) is 78.4 Å². The summed E-state index contributed by atoms with van der Waals surface area (Å²) in [7, 11) is -12.1. The van der Waals surface area contributed by atoms with Gasteiger partial charge in [0.1, 0.15) is 49.1 Å². The van der Waals surface area contributed by atoms with E-state index in [2.05, 4.69) is 59.9 Å². The number of alkyl halides is 9. The zero-order valence-corrected chi connectivity index (χ0v) is 78.5. The lowest BCUT2D eigenvalue weighted by Crippen LogP contribution is -2.38. The maximum atomic E-state index is 13.9. The number of aromatic nitrogens is 14. The zero-order valence-electron chi connectivity index (χ0n) is 75.3. The molecule has 0 radical (unpaired) electrons. The van der Waals surface area contributed by atoms with Crippen LogP contribution in [0.2, 0.25) is 5.02 Å². The lowest BCUT2D eigenvalue weighted by atomic mass is 9.97. The average molecular weight is 2010 g/mol. The third-order valence-corrected chi connectivity index (χ3v) is 31.6. The molecule has 8 N–H and O–H groups in total. The van der Waals surface area contributed by atoms with Gasteiger partial charge in [-0.25, -0.2) is 93.8 Å². The molecule has 139 heavy (non-hydrogen) atoms. The quantitative estimate of drug-likeness (QED) is 0.0546. The number of benzene rings is 4. The van der Waals surface area contributed by atoms with E-state index < -0.39 is 96.1 Å². The van der Waals surface area contributed by atoms with Gasteiger partial charge in [0, 0.05) is 105 Å². The van der Waals surface area contributed by atoms with Crippen molar-refractivity contribution < 1.29 is 92.5 Å². The zero-order chi connectivity index (χ0) is 99.7. The minimum Gasteiger partial charge on any atom is -0.384 e. The van der Waals surface area contributed by atoms with Gasteiger partial charge >= 0.3 is 18.5 Å². The first-order valence-corrected chi connectivity index (χ1v) is 48.0. The second-order valence-corrected chi connectivity index (χ2v) is 41.8. The molecule has 0 spiro atoms. The Labute approximate surface area is 795 Å². The number of nitrogens with two attached hydrogens (primary N) is 4. The molecule has 0 bridgehead atoms. The van der Waals surface area contributed by atoms with E-state index in [1.165, 1.54) is 56.4 Å². The summed E-state index contributed by atoms with van der Waals surface area (Å²) in [5.41, 5.74) is 20.2. The highest BCUT2D eigenvalue weighted by Crippen LogP contribution is 2.56. The normalized spacial score (nSPS) is 15.8. The Bertz CT molecular complexity index is 6890. The van der Waals surface area contributed by atoms with Crippen molar-refractivity contribution in [2.24, 2.45) is 0 Å². The number of fused-ring (bicyclic) bond motifs is 1. The lowest BCUT2D eigenvalue weighted by Gasteiger charge is -2.30. The summed E-state index contributed by atoms with van der Waals surface area (Å²) < 4.78 is 253. The van der Waals surface area contributed by atoms with Crippen molar-refractivity contribution in [1.82, 2.24) is 69.6 Å². The molecule has 0 amide bonds. The van der Waals surface area contributed by atoms with Crippen molar-refractivity contribution in [1.29, 1.82) is 0 Å². The van der Waals surface area contributed by atoms with Crippen molar-refractivity contribution in [3.8, 4) is 45.0 Å². The molecule has 18 rings (SSSR count). The molecule has 4 aromatic carbocycles. The number of morpholine rings is 4. The number of hydrogen-bond acceptors (Lipinski definition) is 31. The molecule has 0 unspecified atom stereocenters. The van der Waals surface area contributed by atoms with Crippen LogP contribution in [-0.4, -0.2) is 200 Å². The van der Waals surface area contributed by atoms with Crippen molar-refractivity contribution >= 4 is 99.1 Å². The Hall–Kier alpha value is -13.1. The molecule has 13 aromatic rings. The molecule has 0 atom stereocenters. The molecule has 1 aliphatic carbocycles. The second kappa shape index (κ2) is 39.6. The monoisotopic (exact) mass is 2000 g/mol. The van der Waals surface area contributed by atoms with Crippen molar-refractivity contribution in [2.75, 3.05) is 148 Å². The molecule has 32 nitrogen and oxygen atoms in total. The Morgan fingerprint density at radius 1 is 0.367 bits per heavy atom. The number of hydrogen-bond donors (Lipinski definition) is 4. The molecule has 4 aliphatic heterocycles. The maximum absolute atomic E-state index is 13.9. The topological polar surface area (TPSA) is 429 Å². The van der Waals surface area contributed by atoms with Gasteiger partial charge in [-0.3, -0.25) is 4.68 Å². The van der Waals surface area contributed by atoms with Crippen LogP contribution < -0.4 is 42.5 Å². The number of halogens is 12. The summed E-state index contributed by atoms with van der Waals surface area (Å²) >= 11 is 6.42. The smallest absolute Gasteiger partial charge is 0.384 e. The molecular weight excluding hydrogens is 1910 g/mol. The van der Waals surface area contributed by atoms with Crippen LogP contribution in [0.1, 0.15) is 93.9 Å². The highest BCUT2D eigenvalue weighted by Gasteiger charge is 2.58. The van der Waals surface area contributed by atoms with Crippen LogP contribution >= 0.6 is 11.6 Å². The van der Waals surface area contributed by atoms with Crippen LogP contribution in [0.3, 0.4) is 0 Å². The average Bonchev–Trinajstić information content (AvgIpc) is 1.55. The number of pyridine rings is 4. The highest BCUT2D eigenvalue weighted by molar-refractivity contribution is 7.93. The van der Waals surface area contributed by atoms with Crippen LogP contribution in [0.4, 0.5) is 95.4 Å². The standard InChI is InChI=1S/C24H24F3N7O.C23H21F4N5O3S.C23H23F4N5O3S.C22H24ClN5O3S/c1-23(2,34-19-6-4-3-5-15(19)13-30-34)20-12-18(31-22(32-20)33-7-9-35-10-8-33)16-14-29-21(28)11-17(16)24(25,26)27;24-14-2-1-3-15(10-14)36(33,34)22(4-5-22)19-12-18(30-21(31-19)32-6-8-35-9-7-32)16-13-29-20(28)11-17(16)23(25,26)27;1-22(2,36(33,34)15-5-3-4-14(24)10-15)19-12-18(30-21(31-19)32-6-8-35-9-7-32)16-13-29-20(28)11-17(16)23(25,26)27;1-22(2,32(29,30)15-6-4-3-5-7-15)19-13-18(16-14-25-20(24)12-17(16)23)26-21(27-19)28-8-10-31-11-9-28/h3-6,11-14H,7-10H2,1-2H3,(H2,28,29);1-3,10-13H,4-9H2,(H2,28,29);3-5,10-13H,6-9H2,1-2H3,(H2,28,29);3-7,12-14H,8-11H2,1-2H3,(H2,24,25). The largest absolute Gasteiger partial charge is 0.417 e. The number of anilines is 8. The van der Waals surface area contributed by atoms with E-state index in [0.29, 0.717) is 157 Å². The Balaban J connectivity index is 0.000000140. The second-order valence-electron chi connectivity index (χ2n) is 34.1. The maximum Gasteiger partial charge on any atom is 0.417 e. The van der Waals surface area contributed by atoms with Gasteiger partial charge in [-0.2, -0.15) is 44.6 Å². The molecule has 13 heterocycles. The molecule has 4 saturated heterocycles. The van der Waals surface area contributed by atoms with Crippen LogP contribution in [0, 0.1) is 11.6 Å². The molecule has 9 aromatic heterocycles. The number of para-hydroxylation sites is 1. The van der Waals surface area contributed by atoms with Crippen molar-refractivity contribution in [3.63, 3.8) is 0 Å². The lowest BCUT2D eigenvalue weighted by molar-refractivity contribution is -0.137. The SMILES string of the molecule is CC(C)(c1cc(-c2cnc(N)cc2C(F)(F)F)nc(N2CCOCC2)n1)S(=O)(=O)c1cccc(F)c1.CC(C)(c1cc(-c2cnc(N)cc2C(F)(F)F)nc(N2CCOCC2)n1)n1ncc2ccccc21.CC(C)(c1cc(-c2cnc(N)cc2Cl)nc(N2CCOCC2)n1)S(=O)(=O)c1ccccc1.Nc1cc(C(F)(F)F)c(-c2cc(C3(S(=O)(=O)c4cccc(F)c4)CC3)nc(N3CCOCC3)n2)cn1. The Morgan fingerprint density at radius 3 is 1.11 bits per heavy atom. The third kappa shape index (κ3) is 21.4. The van der Waals surface area contributed by atoms with E-state index in [-0.39, 0.29) is 108 Å². The fourth-order valence-corrected chi connectivity index (χ4v) is 20.9. The molecule has 5 aliphatic rings. The van der Waals surface area contributed by atoms with Gasteiger partial charge in [-0.05, 0) is 158 Å². The number of sulfone groups is 3. The number of nitrogens with zero attached hydrogens (tertiary/aromatic N) is 18. The van der Waals surface area contributed by atoms with E-state index in [0.717, 1.165) is 59.8 Å². The van der Waals surface area contributed by atoms with Gasteiger partial charge < -0.3 is 61.5 Å². The first-order valence-electron chi connectivity index (χ1n) is 43.2. The number of rotatable bonds is 19. The number of ether oxygens (including phenoxy) is 4.